The lowest BCUT2D eigenvalue weighted by Crippen LogP contribution is -2.29. The lowest BCUT2D eigenvalue weighted by atomic mass is 10.3. The molecule has 0 aromatic heterocycles. The van der Waals surface area contributed by atoms with Crippen molar-refractivity contribution >= 4 is 21.8 Å². The Bertz CT molecular complexity index is 345. The number of carbonyl (C=O) groups excluding carboxylic acids is 1. The number of nitrogens with two attached hydrogens (primary N) is 1. The highest BCUT2D eigenvalue weighted by Gasteiger charge is 2.00. The number of hydrogen-bond donors (Lipinski definition) is 2. The molecule has 88 valence electrons. The molecule has 16 heavy (non-hydrogen) atoms. The van der Waals surface area contributed by atoms with Crippen LogP contribution in [0.25, 0.3) is 0 Å². The summed E-state index contributed by atoms with van der Waals surface area (Å²) >= 11 is 3.34. The predicted molar refractivity (Wildman–Crippen MR) is 66.3 cm³/mol. The zero-order chi connectivity index (χ0) is 11.8. The SMILES string of the molecule is NCCNC(=O)CCOc1cccc(Br)c1. The van der Waals surface area contributed by atoms with Crippen LogP contribution in [-0.4, -0.2) is 25.6 Å². The van der Waals surface area contributed by atoms with Crippen molar-refractivity contribution in [1.82, 2.24) is 5.32 Å². The van der Waals surface area contributed by atoms with E-state index in [9.17, 15) is 4.79 Å². The Morgan fingerprint density at radius 1 is 1.50 bits per heavy atom. The minimum Gasteiger partial charge on any atom is -0.493 e. The zero-order valence-corrected chi connectivity index (χ0v) is 10.5. The van der Waals surface area contributed by atoms with Crippen LogP contribution in [0.5, 0.6) is 5.75 Å². The van der Waals surface area contributed by atoms with Crippen molar-refractivity contribution in [3.63, 3.8) is 0 Å². The van der Waals surface area contributed by atoms with Gasteiger partial charge < -0.3 is 15.8 Å². The molecule has 1 amide bonds. The maximum absolute atomic E-state index is 11.2. The summed E-state index contributed by atoms with van der Waals surface area (Å²) in [5.41, 5.74) is 5.26. The molecule has 0 aliphatic carbocycles. The van der Waals surface area contributed by atoms with Gasteiger partial charge in [-0.05, 0) is 18.2 Å². The van der Waals surface area contributed by atoms with Crippen LogP contribution in [0.4, 0.5) is 0 Å². The molecule has 4 nitrogen and oxygen atoms in total. The maximum atomic E-state index is 11.2. The summed E-state index contributed by atoms with van der Waals surface area (Å²) in [6, 6.07) is 7.51. The number of rotatable bonds is 6. The van der Waals surface area contributed by atoms with Gasteiger partial charge in [0.1, 0.15) is 5.75 Å². The van der Waals surface area contributed by atoms with E-state index in [1.807, 2.05) is 24.3 Å². The second-order valence-electron chi connectivity index (χ2n) is 3.19. The number of carbonyl (C=O) groups is 1. The van der Waals surface area contributed by atoms with Gasteiger partial charge in [-0.25, -0.2) is 0 Å². The molecule has 0 saturated carbocycles. The van der Waals surface area contributed by atoms with E-state index in [2.05, 4.69) is 21.2 Å². The van der Waals surface area contributed by atoms with E-state index in [1.54, 1.807) is 0 Å². The molecule has 1 aromatic rings. The largest absolute Gasteiger partial charge is 0.493 e. The summed E-state index contributed by atoms with van der Waals surface area (Å²) in [4.78, 5) is 11.2. The van der Waals surface area contributed by atoms with Crippen molar-refractivity contribution in [3.05, 3.63) is 28.7 Å². The Kier molecular flexibility index (Phi) is 5.88. The van der Waals surface area contributed by atoms with E-state index in [0.717, 1.165) is 10.2 Å². The summed E-state index contributed by atoms with van der Waals surface area (Å²) in [5.74, 6) is 0.710. The van der Waals surface area contributed by atoms with Crippen LogP contribution >= 0.6 is 15.9 Å². The lowest BCUT2D eigenvalue weighted by molar-refractivity contribution is -0.121. The van der Waals surface area contributed by atoms with Crippen molar-refractivity contribution in [2.24, 2.45) is 5.73 Å². The van der Waals surface area contributed by atoms with Gasteiger partial charge in [-0.1, -0.05) is 22.0 Å². The first-order valence-corrected chi connectivity index (χ1v) is 5.87. The number of amides is 1. The van der Waals surface area contributed by atoms with Crippen LogP contribution in [0.15, 0.2) is 28.7 Å². The molecule has 0 aliphatic heterocycles. The Hall–Kier alpha value is -1.07. The molecule has 0 unspecified atom stereocenters. The average Bonchev–Trinajstić information content (AvgIpc) is 2.26. The topological polar surface area (TPSA) is 64.3 Å². The van der Waals surface area contributed by atoms with Crippen molar-refractivity contribution in [1.29, 1.82) is 0 Å². The molecule has 0 bridgehead atoms. The monoisotopic (exact) mass is 286 g/mol. The number of benzene rings is 1. The number of nitrogens with one attached hydrogen (secondary N) is 1. The van der Waals surface area contributed by atoms with Crippen molar-refractivity contribution in [2.45, 2.75) is 6.42 Å². The standard InChI is InChI=1S/C11H15BrN2O2/c12-9-2-1-3-10(8-9)16-7-4-11(15)14-6-5-13/h1-3,8H,4-7,13H2,(H,14,15). The highest BCUT2D eigenvalue weighted by molar-refractivity contribution is 9.10. The van der Waals surface area contributed by atoms with Gasteiger partial charge in [-0.2, -0.15) is 0 Å². The molecule has 0 atom stereocenters. The summed E-state index contributed by atoms with van der Waals surface area (Å²) in [6.07, 6.45) is 0.340. The van der Waals surface area contributed by atoms with Gasteiger partial charge in [-0.3, -0.25) is 4.79 Å². The molecular weight excluding hydrogens is 272 g/mol. The molecule has 0 heterocycles. The Labute approximate surface area is 103 Å². The first-order valence-electron chi connectivity index (χ1n) is 5.07. The fourth-order valence-corrected chi connectivity index (χ4v) is 1.50. The van der Waals surface area contributed by atoms with Crippen molar-refractivity contribution in [2.75, 3.05) is 19.7 Å². The van der Waals surface area contributed by atoms with Gasteiger partial charge in [0.2, 0.25) is 5.91 Å². The molecule has 0 aliphatic rings. The van der Waals surface area contributed by atoms with E-state index in [-0.39, 0.29) is 5.91 Å². The molecule has 3 N–H and O–H groups in total. The van der Waals surface area contributed by atoms with E-state index < -0.39 is 0 Å². The van der Waals surface area contributed by atoms with Crippen LogP contribution in [0, 0.1) is 0 Å². The van der Waals surface area contributed by atoms with Gasteiger partial charge in [0.15, 0.2) is 0 Å². The third-order valence-electron chi connectivity index (χ3n) is 1.86. The molecule has 0 saturated heterocycles. The van der Waals surface area contributed by atoms with Gasteiger partial charge in [0.25, 0.3) is 0 Å². The molecule has 1 rings (SSSR count). The number of halogens is 1. The third-order valence-corrected chi connectivity index (χ3v) is 2.35. The van der Waals surface area contributed by atoms with E-state index in [4.69, 9.17) is 10.5 Å². The zero-order valence-electron chi connectivity index (χ0n) is 8.91. The molecule has 0 spiro atoms. The first kappa shape index (κ1) is 13.0. The Balaban J connectivity index is 2.22. The molecule has 0 fully saturated rings. The van der Waals surface area contributed by atoms with Crippen molar-refractivity contribution < 1.29 is 9.53 Å². The van der Waals surface area contributed by atoms with Crippen LogP contribution in [-0.2, 0) is 4.79 Å². The van der Waals surface area contributed by atoms with E-state index in [1.165, 1.54) is 0 Å². The summed E-state index contributed by atoms with van der Waals surface area (Å²) in [7, 11) is 0. The Morgan fingerprint density at radius 3 is 3.00 bits per heavy atom. The minimum absolute atomic E-state index is 0.0413. The van der Waals surface area contributed by atoms with Crippen LogP contribution in [0.1, 0.15) is 6.42 Å². The van der Waals surface area contributed by atoms with Gasteiger partial charge in [-0.15, -0.1) is 0 Å². The third kappa shape index (κ3) is 5.14. The minimum atomic E-state index is -0.0413. The quantitative estimate of drug-likeness (QED) is 0.828. The smallest absolute Gasteiger partial charge is 0.223 e. The lowest BCUT2D eigenvalue weighted by Gasteiger charge is -2.06. The number of ether oxygens (including phenoxy) is 1. The highest BCUT2D eigenvalue weighted by atomic mass is 79.9. The normalized spacial score (nSPS) is 9.88. The van der Waals surface area contributed by atoms with Crippen molar-refractivity contribution in [3.8, 4) is 5.75 Å². The molecule has 0 radical (unpaired) electrons. The first-order chi connectivity index (χ1) is 7.72. The van der Waals surface area contributed by atoms with Crippen LogP contribution in [0.3, 0.4) is 0 Å². The molecular formula is C11H15BrN2O2. The van der Waals surface area contributed by atoms with Gasteiger partial charge >= 0.3 is 0 Å². The fourth-order valence-electron chi connectivity index (χ4n) is 1.12. The van der Waals surface area contributed by atoms with Crippen LogP contribution in [0.2, 0.25) is 0 Å². The maximum Gasteiger partial charge on any atom is 0.223 e. The van der Waals surface area contributed by atoms with Gasteiger partial charge in [0.05, 0.1) is 13.0 Å². The van der Waals surface area contributed by atoms with Crippen LogP contribution < -0.4 is 15.8 Å². The van der Waals surface area contributed by atoms with Gasteiger partial charge in [0, 0.05) is 17.6 Å². The summed E-state index contributed by atoms with van der Waals surface area (Å²) in [6.45, 7) is 1.33. The highest BCUT2D eigenvalue weighted by Crippen LogP contribution is 2.17. The van der Waals surface area contributed by atoms with E-state index in [0.29, 0.717) is 26.1 Å². The molecule has 1 aromatic carbocycles. The second-order valence-corrected chi connectivity index (χ2v) is 4.11. The fraction of sp³-hybridized carbons (Fsp3) is 0.364. The summed E-state index contributed by atoms with van der Waals surface area (Å²) in [5, 5.41) is 2.68. The predicted octanol–water partition coefficient (Wildman–Crippen LogP) is 1.29. The average molecular weight is 287 g/mol. The molecule has 5 heteroatoms. The number of hydrogen-bond acceptors (Lipinski definition) is 3. The second kappa shape index (κ2) is 7.24. The summed E-state index contributed by atoms with van der Waals surface area (Å²) < 4.78 is 6.37. The Morgan fingerprint density at radius 2 is 2.31 bits per heavy atom. The van der Waals surface area contributed by atoms with E-state index >= 15 is 0 Å².